The first kappa shape index (κ1) is 15.3. The van der Waals surface area contributed by atoms with Gasteiger partial charge in [0.2, 0.25) is 0 Å². The van der Waals surface area contributed by atoms with E-state index in [-0.39, 0.29) is 10.4 Å². The van der Waals surface area contributed by atoms with Crippen LogP contribution in [-0.4, -0.2) is 37.3 Å². The average Bonchev–Trinajstić information content (AvgIpc) is 2.38. The summed E-state index contributed by atoms with van der Waals surface area (Å²) >= 11 is 0. The molecule has 112 valence electrons. The minimum atomic E-state index is -3.53. The van der Waals surface area contributed by atoms with Gasteiger partial charge in [-0.05, 0) is 37.3 Å². The highest BCUT2D eigenvalue weighted by molar-refractivity contribution is 7.89. The molecule has 1 N–H and O–H groups in total. The Balaban J connectivity index is 2.35. The first-order valence-corrected chi connectivity index (χ1v) is 8.50. The van der Waals surface area contributed by atoms with Gasteiger partial charge in [0, 0.05) is 25.8 Å². The average molecular weight is 297 g/mol. The standard InChI is InChI=1S/C14H23N3O2S/c1-4-15-12-7-5-9-16-13(12)20(18,19)17-10-6-8-14(2,3)11-17/h5,7,9,15H,4,6,8,10-11H2,1-3H3. The van der Waals surface area contributed by atoms with Crippen molar-refractivity contribution in [2.24, 2.45) is 5.41 Å². The minimum absolute atomic E-state index is 0.0262. The highest BCUT2D eigenvalue weighted by atomic mass is 32.2. The monoisotopic (exact) mass is 297 g/mol. The van der Waals surface area contributed by atoms with Crippen LogP contribution in [0.1, 0.15) is 33.6 Å². The Labute approximate surface area is 121 Å². The Morgan fingerprint density at radius 3 is 2.85 bits per heavy atom. The van der Waals surface area contributed by atoms with E-state index in [1.165, 1.54) is 6.20 Å². The van der Waals surface area contributed by atoms with Crippen LogP contribution >= 0.6 is 0 Å². The van der Waals surface area contributed by atoms with E-state index in [0.29, 0.717) is 25.3 Å². The fourth-order valence-electron chi connectivity index (χ4n) is 2.62. The summed E-state index contributed by atoms with van der Waals surface area (Å²) in [6.45, 7) is 7.95. The number of hydrogen-bond acceptors (Lipinski definition) is 4. The minimum Gasteiger partial charge on any atom is -0.383 e. The molecule has 0 atom stereocenters. The van der Waals surface area contributed by atoms with Crippen molar-refractivity contribution in [1.29, 1.82) is 0 Å². The molecule has 0 radical (unpaired) electrons. The molecule has 0 bridgehead atoms. The van der Waals surface area contributed by atoms with E-state index in [1.807, 2.05) is 6.92 Å². The Bertz CT molecular complexity index is 570. The summed E-state index contributed by atoms with van der Waals surface area (Å²) in [4.78, 5) is 4.10. The Morgan fingerprint density at radius 1 is 1.45 bits per heavy atom. The molecule has 1 aliphatic rings. The molecule has 1 aromatic heterocycles. The fraction of sp³-hybridized carbons (Fsp3) is 0.643. The molecule has 0 aromatic carbocycles. The van der Waals surface area contributed by atoms with Crippen molar-refractivity contribution >= 4 is 15.7 Å². The first-order chi connectivity index (χ1) is 9.37. The van der Waals surface area contributed by atoms with Gasteiger partial charge in [0.1, 0.15) is 0 Å². The van der Waals surface area contributed by atoms with Gasteiger partial charge in [-0.3, -0.25) is 0 Å². The molecule has 0 saturated carbocycles. The van der Waals surface area contributed by atoms with Gasteiger partial charge >= 0.3 is 0 Å². The van der Waals surface area contributed by atoms with Crippen LogP contribution in [0.3, 0.4) is 0 Å². The molecule has 20 heavy (non-hydrogen) atoms. The van der Waals surface area contributed by atoms with Crippen LogP contribution in [0.25, 0.3) is 0 Å². The lowest BCUT2D eigenvalue weighted by Gasteiger charge is -2.37. The van der Waals surface area contributed by atoms with Crippen LogP contribution in [0.2, 0.25) is 0 Å². The van der Waals surface area contributed by atoms with Gasteiger partial charge in [0.25, 0.3) is 10.0 Å². The molecule has 0 unspecified atom stereocenters. The molecule has 1 aliphatic heterocycles. The lowest BCUT2D eigenvalue weighted by Crippen LogP contribution is -2.43. The predicted octanol–water partition coefficient (Wildman–Crippen LogP) is 2.32. The zero-order valence-electron chi connectivity index (χ0n) is 12.4. The topological polar surface area (TPSA) is 62.3 Å². The summed E-state index contributed by atoms with van der Waals surface area (Å²) in [6.07, 6.45) is 3.49. The second kappa shape index (κ2) is 5.69. The predicted molar refractivity (Wildman–Crippen MR) is 80.2 cm³/mol. The molecule has 1 fully saturated rings. The number of nitrogens with zero attached hydrogens (tertiary/aromatic N) is 2. The second-order valence-corrected chi connectivity index (χ2v) is 7.85. The normalized spacial score (nSPS) is 19.8. The first-order valence-electron chi connectivity index (χ1n) is 7.06. The van der Waals surface area contributed by atoms with Gasteiger partial charge in [0.05, 0.1) is 5.69 Å². The SMILES string of the molecule is CCNc1cccnc1S(=O)(=O)N1CCCC(C)(C)C1. The van der Waals surface area contributed by atoms with E-state index in [4.69, 9.17) is 0 Å². The summed E-state index contributed by atoms with van der Waals surface area (Å²) in [5, 5.41) is 3.21. The van der Waals surface area contributed by atoms with Crippen molar-refractivity contribution in [3.63, 3.8) is 0 Å². The third-order valence-corrected chi connectivity index (χ3v) is 5.39. The lowest BCUT2D eigenvalue weighted by molar-refractivity contribution is 0.186. The quantitative estimate of drug-likeness (QED) is 0.926. The molecule has 0 spiro atoms. The Kier molecular flexibility index (Phi) is 4.34. The lowest BCUT2D eigenvalue weighted by atomic mass is 9.85. The van der Waals surface area contributed by atoms with Crippen molar-refractivity contribution in [2.45, 2.75) is 38.6 Å². The number of hydrogen-bond donors (Lipinski definition) is 1. The maximum Gasteiger partial charge on any atom is 0.262 e. The molecular weight excluding hydrogens is 274 g/mol. The Hall–Kier alpha value is -1.14. The maximum atomic E-state index is 12.8. The summed E-state index contributed by atoms with van der Waals surface area (Å²) in [5.41, 5.74) is 0.608. The molecule has 0 aliphatic carbocycles. The number of rotatable bonds is 4. The van der Waals surface area contributed by atoms with E-state index in [2.05, 4.69) is 24.1 Å². The number of nitrogens with one attached hydrogen (secondary N) is 1. The van der Waals surface area contributed by atoms with Crippen molar-refractivity contribution < 1.29 is 8.42 Å². The second-order valence-electron chi connectivity index (χ2n) is 5.99. The fourth-order valence-corrected chi connectivity index (χ4v) is 4.36. The molecule has 2 rings (SSSR count). The van der Waals surface area contributed by atoms with Gasteiger partial charge in [-0.15, -0.1) is 0 Å². The van der Waals surface area contributed by atoms with Crippen LogP contribution < -0.4 is 5.32 Å². The molecule has 1 aromatic rings. The van der Waals surface area contributed by atoms with Crippen molar-refractivity contribution in [2.75, 3.05) is 25.0 Å². The van der Waals surface area contributed by atoms with Gasteiger partial charge < -0.3 is 5.32 Å². The number of sulfonamides is 1. The zero-order valence-corrected chi connectivity index (χ0v) is 13.2. The molecular formula is C14H23N3O2S. The van der Waals surface area contributed by atoms with E-state index in [9.17, 15) is 8.42 Å². The van der Waals surface area contributed by atoms with E-state index in [1.54, 1.807) is 16.4 Å². The molecule has 5 nitrogen and oxygen atoms in total. The molecule has 1 saturated heterocycles. The Morgan fingerprint density at radius 2 is 2.20 bits per heavy atom. The van der Waals surface area contributed by atoms with Crippen LogP contribution in [0.4, 0.5) is 5.69 Å². The summed E-state index contributed by atoms with van der Waals surface area (Å²) in [5.74, 6) is 0. The highest BCUT2D eigenvalue weighted by Crippen LogP contribution is 2.32. The van der Waals surface area contributed by atoms with E-state index >= 15 is 0 Å². The van der Waals surface area contributed by atoms with Gasteiger partial charge in [-0.25, -0.2) is 13.4 Å². The molecule has 6 heteroatoms. The third-order valence-electron chi connectivity index (χ3n) is 3.59. The largest absolute Gasteiger partial charge is 0.383 e. The smallest absolute Gasteiger partial charge is 0.262 e. The maximum absolute atomic E-state index is 12.8. The highest BCUT2D eigenvalue weighted by Gasteiger charge is 2.35. The van der Waals surface area contributed by atoms with Crippen molar-refractivity contribution in [1.82, 2.24) is 9.29 Å². The van der Waals surface area contributed by atoms with E-state index in [0.717, 1.165) is 12.8 Å². The van der Waals surface area contributed by atoms with Crippen LogP contribution in [0, 0.1) is 5.41 Å². The van der Waals surface area contributed by atoms with Gasteiger partial charge in [-0.1, -0.05) is 13.8 Å². The van der Waals surface area contributed by atoms with Crippen LogP contribution in [0.5, 0.6) is 0 Å². The molecule has 0 amide bonds. The number of anilines is 1. The summed E-state index contributed by atoms with van der Waals surface area (Å²) in [7, 11) is -3.53. The van der Waals surface area contributed by atoms with Gasteiger partial charge in [0.15, 0.2) is 5.03 Å². The van der Waals surface area contributed by atoms with Crippen LogP contribution in [-0.2, 0) is 10.0 Å². The van der Waals surface area contributed by atoms with E-state index < -0.39 is 10.0 Å². The van der Waals surface area contributed by atoms with Crippen molar-refractivity contribution in [3.8, 4) is 0 Å². The zero-order chi connectivity index (χ0) is 14.8. The molecule has 2 heterocycles. The summed E-state index contributed by atoms with van der Waals surface area (Å²) in [6, 6.07) is 3.51. The third kappa shape index (κ3) is 3.12. The van der Waals surface area contributed by atoms with Crippen LogP contribution in [0.15, 0.2) is 23.4 Å². The summed E-state index contributed by atoms with van der Waals surface area (Å²) < 4.78 is 27.2. The number of pyridine rings is 1. The van der Waals surface area contributed by atoms with Gasteiger partial charge in [-0.2, -0.15) is 4.31 Å². The number of aromatic nitrogens is 1. The number of piperidine rings is 1. The van der Waals surface area contributed by atoms with Crippen molar-refractivity contribution in [3.05, 3.63) is 18.3 Å².